The first-order chi connectivity index (χ1) is 10.7. The van der Waals surface area contributed by atoms with Gasteiger partial charge >= 0.3 is 0 Å². The van der Waals surface area contributed by atoms with Crippen LogP contribution in [-0.4, -0.2) is 25.8 Å². The Hall–Kier alpha value is -2.82. The quantitative estimate of drug-likeness (QED) is 0.636. The summed E-state index contributed by atoms with van der Waals surface area (Å²) in [5.41, 5.74) is 5.43. The van der Waals surface area contributed by atoms with Crippen molar-refractivity contribution in [2.24, 2.45) is 5.10 Å². The first kappa shape index (κ1) is 15.6. The Balaban J connectivity index is 1.79. The molecule has 22 heavy (non-hydrogen) atoms. The molecule has 0 atom stereocenters. The lowest BCUT2D eigenvalue weighted by Crippen LogP contribution is -2.25. The molecule has 0 radical (unpaired) electrons. The number of hydrazone groups is 1. The average Bonchev–Trinajstić information content (AvgIpc) is 2.55. The summed E-state index contributed by atoms with van der Waals surface area (Å²) < 4.78 is 5.07. The van der Waals surface area contributed by atoms with Crippen LogP contribution in [-0.2, 0) is 4.79 Å². The molecule has 2 N–H and O–H groups in total. The van der Waals surface area contributed by atoms with E-state index in [0.717, 1.165) is 22.6 Å². The molecule has 0 saturated heterocycles. The van der Waals surface area contributed by atoms with Crippen molar-refractivity contribution in [1.82, 2.24) is 5.43 Å². The molecule has 0 aliphatic heterocycles. The third-order valence-electron chi connectivity index (χ3n) is 3.12. The van der Waals surface area contributed by atoms with Gasteiger partial charge in [-0.2, -0.15) is 5.10 Å². The highest BCUT2D eigenvalue weighted by molar-refractivity contribution is 5.85. The summed E-state index contributed by atoms with van der Waals surface area (Å²) in [5.74, 6) is 0.568. The normalized spacial score (nSPS) is 10.5. The number of amides is 1. The van der Waals surface area contributed by atoms with E-state index in [0.29, 0.717) is 0 Å². The molecule has 2 aromatic rings. The third kappa shape index (κ3) is 4.63. The molecule has 0 heterocycles. The summed E-state index contributed by atoms with van der Waals surface area (Å²) in [6.07, 6.45) is 1.64. The number of carbonyl (C=O) groups is 1. The van der Waals surface area contributed by atoms with Gasteiger partial charge in [0.05, 0.1) is 19.9 Å². The smallest absolute Gasteiger partial charge is 0.259 e. The second kappa shape index (κ2) is 7.83. The zero-order valence-electron chi connectivity index (χ0n) is 12.7. The predicted octanol–water partition coefficient (Wildman–Crippen LogP) is 2.57. The fourth-order valence-electron chi connectivity index (χ4n) is 1.84. The van der Waals surface area contributed by atoms with E-state index in [2.05, 4.69) is 15.8 Å². The number of hydrogen-bond donors (Lipinski definition) is 2. The van der Waals surface area contributed by atoms with Gasteiger partial charge in [0.1, 0.15) is 5.75 Å². The SMILES string of the molecule is COc1ccc(NCC(=O)N/N=C\c2ccccc2C)cc1. The summed E-state index contributed by atoms with van der Waals surface area (Å²) in [7, 11) is 1.61. The number of hydrogen-bond acceptors (Lipinski definition) is 4. The van der Waals surface area contributed by atoms with Crippen molar-refractivity contribution in [3.05, 3.63) is 59.7 Å². The molecule has 0 spiro atoms. The number of rotatable bonds is 6. The molecule has 2 aromatic carbocycles. The lowest BCUT2D eigenvalue weighted by atomic mass is 10.1. The van der Waals surface area contributed by atoms with Gasteiger partial charge in [-0.05, 0) is 42.3 Å². The minimum absolute atomic E-state index is 0.150. The number of aryl methyl sites for hydroxylation is 1. The molecular formula is C17H19N3O2. The van der Waals surface area contributed by atoms with Crippen LogP contribution in [0.1, 0.15) is 11.1 Å². The predicted molar refractivity (Wildman–Crippen MR) is 88.4 cm³/mol. The standard InChI is InChI=1S/C17H19N3O2/c1-13-5-3-4-6-14(13)11-19-20-17(21)12-18-15-7-9-16(22-2)10-8-15/h3-11,18H,12H2,1-2H3,(H,20,21)/b19-11-. The Morgan fingerprint density at radius 1 is 1.18 bits per heavy atom. The van der Waals surface area contributed by atoms with E-state index in [-0.39, 0.29) is 12.5 Å². The first-order valence-electron chi connectivity index (χ1n) is 6.94. The number of methoxy groups -OCH3 is 1. The molecule has 0 saturated carbocycles. The van der Waals surface area contributed by atoms with Crippen LogP contribution >= 0.6 is 0 Å². The van der Waals surface area contributed by atoms with Gasteiger partial charge in [0, 0.05) is 5.69 Å². The van der Waals surface area contributed by atoms with Crippen molar-refractivity contribution in [3.63, 3.8) is 0 Å². The molecule has 5 nitrogen and oxygen atoms in total. The Morgan fingerprint density at radius 3 is 2.59 bits per heavy atom. The lowest BCUT2D eigenvalue weighted by molar-refractivity contribution is -0.119. The molecule has 0 aliphatic rings. The summed E-state index contributed by atoms with van der Waals surface area (Å²) in [6, 6.07) is 15.2. The third-order valence-corrected chi connectivity index (χ3v) is 3.12. The van der Waals surface area contributed by atoms with Gasteiger partial charge < -0.3 is 10.1 Å². The molecule has 2 rings (SSSR count). The topological polar surface area (TPSA) is 62.7 Å². The lowest BCUT2D eigenvalue weighted by Gasteiger charge is -2.06. The minimum atomic E-state index is -0.208. The summed E-state index contributed by atoms with van der Waals surface area (Å²) in [6.45, 7) is 2.14. The number of benzene rings is 2. The fourth-order valence-corrected chi connectivity index (χ4v) is 1.84. The molecule has 5 heteroatoms. The summed E-state index contributed by atoms with van der Waals surface area (Å²) in [5, 5.41) is 6.97. The minimum Gasteiger partial charge on any atom is -0.497 e. The molecule has 0 unspecified atom stereocenters. The highest BCUT2D eigenvalue weighted by Gasteiger charge is 2.00. The highest BCUT2D eigenvalue weighted by Crippen LogP contribution is 2.14. The molecule has 0 fully saturated rings. The van der Waals surface area contributed by atoms with Crippen LogP contribution in [0.5, 0.6) is 5.75 Å². The Morgan fingerprint density at radius 2 is 1.91 bits per heavy atom. The number of nitrogens with zero attached hydrogens (tertiary/aromatic N) is 1. The van der Waals surface area contributed by atoms with Gasteiger partial charge in [-0.15, -0.1) is 0 Å². The van der Waals surface area contributed by atoms with Crippen LogP contribution in [0.2, 0.25) is 0 Å². The van der Waals surface area contributed by atoms with Crippen molar-refractivity contribution in [2.45, 2.75) is 6.92 Å². The van der Waals surface area contributed by atoms with E-state index < -0.39 is 0 Å². The van der Waals surface area contributed by atoms with Gasteiger partial charge in [0.2, 0.25) is 0 Å². The van der Waals surface area contributed by atoms with E-state index in [1.54, 1.807) is 13.3 Å². The second-order valence-corrected chi connectivity index (χ2v) is 4.73. The number of anilines is 1. The van der Waals surface area contributed by atoms with E-state index >= 15 is 0 Å². The maximum atomic E-state index is 11.7. The second-order valence-electron chi connectivity index (χ2n) is 4.73. The van der Waals surface area contributed by atoms with Crippen molar-refractivity contribution in [3.8, 4) is 5.75 Å². The number of carbonyl (C=O) groups excluding carboxylic acids is 1. The van der Waals surface area contributed by atoms with Gasteiger partial charge in [0.15, 0.2) is 0 Å². The van der Waals surface area contributed by atoms with Crippen LogP contribution in [0.25, 0.3) is 0 Å². The maximum absolute atomic E-state index is 11.7. The average molecular weight is 297 g/mol. The van der Waals surface area contributed by atoms with Crippen molar-refractivity contribution >= 4 is 17.8 Å². The Kier molecular flexibility index (Phi) is 5.54. The Bertz CT molecular complexity index is 651. The zero-order valence-corrected chi connectivity index (χ0v) is 12.7. The highest BCUT2D eigenvalue weighted by atomic mass is 16.5. The van der Waals surface area contributed by atoms with E-state index in [1.165, 1.54) is 0 Å². The molecule has 0 bridgehead atoms. The van der Waals surface area contributed by atoms with Crippen molar-refractivity contribution < 1.29 is 9.53 Å². The van der Waals surface area contributed by atoms with Crippen LogP contribution in [0, 0.1) is 6.92 Å². The van der Waals surface area contributed by atoms with Crippen LogP contribution in [0.15, 0.2) is 53.6 Å². The number of nitrogens with one attached hydrogen (secondary N) is 2. The fraction of sp³-hybridized carbons (Fsp3) is 0.176. The van der Waals surface area contributed by atoms with Crippen molar-refractivity contribution in [1.29, 1.82) is 0 Å². The van der Waals surface area contributed by atoms with Gasteiger partial charge in [-0.1, -0.05) is 24.3 Å². The van der Waals surface area contributed by atoms with E-state index in [4.69, 9.17) is 4.74 Å². The molecule has 1 amide bonds. The van der Waals surface area contributed by atoms with Gasteiger partial charge in [-0.25, -0.2) is 5.43 Å². The molecule has 0 aliphatic carbocycles. The molecule has 0 aromatic heterocycles. The monoisotopic (exact) mass is 297 g/mol. The summed E-state index contributed by atoms with van der Waals surface area (Å²) in [4.78, 5) is 11.7. The van der Waals surface area contributed by atoms with E-state index in [1.807, 2.05) is 55.5 Å². The zero-order chi connectivity index (χ0) is 15.8. The molecular weight excluding hydrogens is 278 g/mol. The summed E-state index contributed by atoms with van der Waals surface area (Å²) >= 11 is 0. The van der Waals surface area contributed by atoms with Crippen molar-refractivity contribution in [2.75, 3.05) is 19.0 Å². The van der Waals surface area contributed by atoms with E-state index in [9.17, 15) is 4.79 Å². The van der Waals surface area contributed by atoms with Crippen LogP contribution in [0.4, 0.5) is 5.69 Å². The van der Waals surface area contributed by atoms with Gasteiger partial charge in [0.25, 0.3) is 5.91 Å². The maximum Gasteiger partial charge on any atom is 0.259 e. The van der Waals surface area contributed by atoms with Gasteiger partial charge in [-0.3, -0.25) is 4.79 Å². The van der Waals surface area contributed by atoms with Crippen LogP contribution in [0.3, 0.4) is 0 Å². The Labute approximate surface area is 130 Å². The number of ether oxygens (including phenoxy) is 1. The van der Waals surface area contributed by atoms with Crippen LogP contribution < -0.4 is 15.5 Å². The first-order valence-corrected chi connectivity index (χ1v) is 6.94. The molecule has 114 valence electrons. The largest absolute Gasteiger partial charge is 0.497 e.